The zero-order valence-corrected chi connectivity index (χ0v) is 33.6. The summed E-state index contributed by atoms with van der Waals surface area (Å²) >= 11 is 0. The van der Waals surface area contributed by atoms with Gasteiger partial charge in [-0.3, -0.25) is 14.5 Å². The second kappa shape index (κ2) is 17.2. The number of nitrogens with two attached hydrogens (primary N) is 1. The predicted octanol–water partition coefficient (Wildman–Crippen LogP) is 8.34. The summed E-state index contributed by atoms with van der Waals surface area (Å²) in [6.45, 7) is 3.37. The number of benzene rings is 3. The fraction of sp³-hybridized carbons (Fsp3) is 0.426. The number of ether oxygens (including phenoxy) is 1. The second-order valence-corrected chi connectivity index (χ2v) is 16.7. The number of aromatic amines is 2. The van der Waals surface area contributed by atoms with Gasteiger partial charge in [-0.05, 0) is 105 Å². The van der Waals surface area contributed by atoms with Gasteiger partial charge in [-0.25, -0.2) is 14.8 Å². The van der Waals surface area contributed by atoms with Crippen LogP contribution in [-0.2, 0) is 14.3 Å². The summed E-state index contributed by atoms with van der Waals surface area (Å²) in [5.74, 6) is 1.94. The van der Waals surface area contributed by atoms with Gasteiger partial charge in [0, 0.05) is 19.0 Å². The van der Waals surface area contributed by atoms with Crippen molar-refractivity contribution in [2.45, 2.75) is 94.9 Å². The maximum absolute atomic E-state index is 14.4. The summed E-state index contributed by atoms with van der Waals surface area (Å²) in [6, 6.07) is 26.8. The standard InChI is InChI=1S/C47H54N8O4/c48-47(58)59-37-23-21-36(22-24-37)45(56)54-27-7-11-40(54)43-49-29-38(51-43)33-17-13-31(14-18-33)32-15-19-34(20-16-32)39-30-50-44(52-39)41-12-8-28-55(41)46(57)42(35-9-3-1-4-10-35)53-25-5-2-6-26-53/h1,3-4,9-10,13-20,29-30,36-37,40-42H,2,5-8,11-12,21-28H2,(H2,48,58)(H,49,51)(H,50,52)/t36?,37?,40-,41-,42?/m0/s1. The van der Waals surface area contributed by atoms with Gasteiger partial charge in [-0.15, -0.1) is 0 Å². The summed E-state index contributed by atoms with van der Waals surface area (Å²) in [5, 5.41) is 0. The fourth-order valence-electron chi connectivity index (χ4n) is 9.92. The molecule has 3 atom stereocenters. The Kier molecular flexibility index (Phi) is 11.3. The minimum atomic E-state index is -0.750. The lowest BCUT2D eigenvalue weighted by Gasteiger charge is -2.37. The maximum atomic E-state index is 14.4. The van der Waals surface area contributed by atoms with E-state index >= 15 is 0 Å². The summed E-state index contributed by atoms with van der Waals surface area (Å²) < 4.78 is 5.17. The van der Waals surface area contributed by atoms with Crippen molar-refractivity contribution in [1.29, 1.82) is 0 Å². The van der Waals surface area contributed by atoms with Crippen molar-refractivity contribution in [2.75, 3.05) is 26.2 Å². The second-order valence-electron chi connectivity index (χ2n) is 16.7. The van der Waals surface area contributed by atoms with Crippen LogP contribution in [0.3, 0.4) is 0 Å². The maximum Gasteiger partial charge on any atom is 0.404 e. The van der Waals surface area contributed by atoms with E-state index in [-0.39, 0.29) is 42.0 Å². The van der Waals surface area contributed by atoms with E-state index in [4.69, 9.17) is 20.4 Å². The van der Waals surface area contributed by atoms with Crippen LogP contribution in [0.25, 0.3) is 33.6 Å². The molecule has 1 aliphatic carbocycles. The van der Waals surface area contributed by atoms with E-state index in [0.717, 1.165) is 116 Å². The molecule has 9 rings (SSSR count). The summed E-state index contributed by atoms with van der Waals surface area (Å²) in [5.41, 5.74) is 12.4. The van der Waals surface area contributed by atoms with E-state index in [9.17, 15) is 14.4 Å². The van der Waals surface area contributed by atoms with Crippen molar-refractivity contribution in [1.82, 2.24) is 34.6 Å². The van der Waals surface area contributed by atoms with E-state index < -0.39 is 6.09 Å². The number of H-pyrrole nitrogens is 2. The number of nitrogens with one attached hydrogen (secondary N) is 2. The zero-order valence-electron chi connectivity index (χ0n) is 33.6. The van der Waals surface area contributed by atoms with Crippen molar-refractivity contribution in [3.63, 3.8) is 0 Å². The van der Waals surface area contributed by atoms with Crippen LogP contribution in [0, 0.1) is 5.92 Å². The van der Waals surface area contributed by atoms with Crippen molar-refractivity contribution in [3.05, 3.63) is 108 Å². The first-order valence-corrected chi connectivity index (χ1v) is 21.6. The normalized spacial score (nSPS) is 23.0. The number of hydrogen-bond acceptors (Lipinski definition) is 7. The molecule has 5 aromatic rings. The van der Waals surface area contributed by atoms with Crippen LogP contribution in [0.1, 0.15) is 106 Å². The molecule has 3 amide bonds. The quantitative estimate of drug-likeness (QED) is 0.128. The summed E-state index contributed by atoms with van der Waals surface area (Å²) in [6.07, 6.45) is 12.7. The number of likely N-dealkylation sites (tertiary alicyclic amines) is 3. The number of aromatic nitrogens is 4. The van der Waals surface area contributed by atoms with Gasteiger partial charge in [0.15, 0.2) is 0 Å². The Bertz CT molecular complexity index is 2220. The number of carbonyl (C=O) groups excluding carboxylic acids is 3. The number of rotatable bonds is 10. The third-order valence-electron chi connectivity index (χ3n) is 13.0. The van der Waals surface area contributed by atoms with Crippen molar-refractivity contribution < 1.29 is 19.1 Å². The van der Waals surface area contributed by atoms with E-state index in [1.807, 2.05) is 35.5 Å². The minimum Gasteiger partial charge on any atom is -0.446 e. The molecule has 1 saturated carbocycles. The third kappa shape index (κ3) is 8.28. The smallest absolute Gasteiger partial charge is 0.404 e. The van der Waals surface area contributed by atoms with Gasteiger partial charge in [-0.1, -0.05) is 85.3 Å². The molecule has 3 aliphatic heterocycles. The molecule has 306 valence electrons. The molecule has 0 radical (unpaired) electrons. The molecule has 2 aromatic heterocycles. The molecule has 59 heavy (non-hydrogen) atoms. The molecule has 1 unspecified atom stereocenters. The first-order valence-electron chi connectivity index (χ1n) is 21.6. The SMILES string of the molecule is NC(=O)OC1CCC(C(=O)N2CCC[C@H]2c2ncc(-c3ccc(-c4ccc(-c5cnc([C@@H]6CCCN6C(=O)C(c6ccccc6)N6CCCCC6)[nH]5)cc4)cc3)[nH]2)CC1. The number of hydrogen-bond donors (Lipinski definition) is 3. The number of amides is 3. The summed E-state index contributed by atoms with van der Waals surface area (Å²) in [7, 11) is 0. The lowest BCUT2D eigenvalue weighted by molar-refractivity contribution is -0.139. The zero-order chi connectivity index (χ0) is 40.3. The Hall–Kier alpha value is -5.75. The van der Waals surface area contributed by atoms with Crippen molar-refractivity contribution in [3.8, 4) is 33.6 Å². The molecule has 0 bridgehead atoms. The average molecular weight is 795 g/mol. The highest BCUT2D eigenvalue weighted by atomic mass is 16.6. The molecule has 3 saturated heterocycles. The van der Waals surface area contributed by atoms with E-state index in [2.05, 4.69) is 80.4 Å². The molecule has 3 aromatic carbocycles. The third-order valence-corrected chi connectivity index (χ3v) is 13.0. The number of primary amides is 1. The molecule has 5 heterocycles. The molecule has 4 fully saturated rings. The predicted molar refractivity (Wildman–Crippen MR) is 225 cm³/mol. The van der Waals surface area contributed by atoms with Gasteiger partial charge < -0.3 is 30.2 Å². The highest BCUT2D eigenvalue weighted by Gasteiger charge is 2.40. The van der Waals surface area contributed by atoms with Crippen LogP contribution in [0.15, 0.2) is 91.3 Å². The monoisotopic (exact) mass is 794 g/mol. The van der Waals surface area contributed by atoms with Crippen LogP contribution in [0.2, 0.25) is 0 Å². The van der Waals surface area contributed by atoms with Crippen LogP contribution < -0.4 is 5.73 Å². The lowest BCUT2D eigenvalue weighted by atomic mass is 9.86. The largest absolute Gasteiger partial charge is 0.446 e. The van der Waals surface area contributed by atoms with Crippen molar-refractivity contribution >= 4 is 17.9 Å². The molecule has 4 N–H and O–H groups in total. The Morgan fingerprint density at radius 2 is 1.14 bits per heavy atom. The van der Waals surface area contributed by atoms with Gasteiger partial charge in [0.05, 0.1) is 35.9 Å². The van der Waals surface area contributed by atoms with Crippen LogP contribution in [0.5, 0.6) is 0 Å². The number of piperidine rings is 1. The van der Waals surface area contributed by atoms with Gasteiger partial charge >= 0.3 is 6.09 Å². The minimum absolute atomic E-state index is 0.0703. The van der Waals surface area contributed by atoms with Gasteiger partial charge in [0.2, 0.25) is 11.8 Å². The van der Waals surface area contributed by atoms with Crippen LogP contribution in [0.4, 0.5) is 4.79 Å². The number of nitrogens with zero attached hydrogens (tertiary/aromatic N) is 5. The Balaban J connectivity index is 0.836. The first-order chi connectivity index (χ1) is 28.9. The average Bonchev–Trinajstić information content (AvgIpc) is 4.12. The Morgan fingerprint density at radius 1 is 0.610 bits per heavy atom. The van der Waals surface area contributed by atoms with E-state index in [0.29, 0.717) is 25.7 Å². The molecular weight excluding hydrogens is 741 g/mol. The van der Waals surface area contributed by atoms with Crippen molar-refractivity contribution in [2.24, 2.45) is 11.7 Å². The highest BCUT2D eigenvalue weighted by Crippen LogP contribution is 2.38. The first kappa shape index (κ1) is 38.8. The van der Waals surface area contributed by atoms with E-state index in [1.165, 1.54) is 6.42 Å². The highest BCUT2D eigenvalue weighted by molar-refractivity contribution is 5.84. The molecule has 12 heteroatoms. The Morgan fingerprint density at radius 3 is 1.69 bits per heavy atom. The number of imidazole rings is 2. The molecule has 12 nitrogen and oxygen atoms in total. The van der Waals surface area contributed by atoms with Gasteiger partial charge in [-0.2, -0.15) is 0 Å². The molecule has 4 aliphatic rings. The Labute approximate surface area is 345 Å². The summed E-state index contributed by atoms with van der Waals surface area (Å²) in [4.78, 5) is 62.2. The van der Waals surface area contributed by atoms with Gasteiger partial charge in [0.1, 0.15) is 23.8 Å². The molecule has 0 spiro atoms. The van der Waals surface area contributed by atoms with Crippen LogP contribution >= 0.6 is 0 Å². The van der Waals surface area contributed by atoms with E-state index in [1.54, 1.807) is 0 Å². The fourth-order valence-corrected chi connectivity index (χ4v) is 9.92. The number of carbonyl (C=O) groups is 3. The lowest BCUT2D eigenvalue weighted by Crippen LogP contribution is -2.44. The van der Waals surface area contributed by atoms with Gasteiger partial charge in [0.25, 0.3) is 0 Å². The molecular formula is C47H54N8O4. The van der Waals surface area contributed by atoms with Crippen LogP contribution in [-0.4, -0.2) is 84.8 Å². The topological polar surface area (TPSA) is 154 Å².